The second-order valence-electron chi connectivity index (χ2n) is 7.86. The van der Waals surface area contributed by atoms with Gasteiger partial charge in [-0.1, -0.05) is 6.58 Å². The van der Waals surface area contributed by atoms with Crippen LogP contribution in [0.1, 0.15) is 32.0 Å². The van der Waals surface area contributed by atoms with E-state index in [0.29, 0.717) is 23.8 Å². The zero-order valence-electron chi connectivity index (χ0n) is 17.8. The predicted octanol–water partition coefficient (Wildman–Crippen LogP) is 2.07. The predicted molar refractivity (Wildman–Crippen MR) is 116 cm³/mol. The normalized spacial score (nSPS) is 16.4. The number of fused-ring (bicyclic) bond motifs is 1. The number of hydrogen-bond acceptors (Lipinski definition) is 7. The molecule has 0 aromatic carbocycles. The number of carbonyl (C=O) groups is 1. The first-order chi connectivity index (χ1) is 14.4. The average molecular weight is 409 g/mol. The highest BCUT2D eigenvalue weighted by molar-refractivity contribution is 5.88. The van der Waals surface area contributed by atoms with Crippen molar-refractivity contribution in [2.24, 2.45) is 7.05 Å². The smallest absolute Gasteiger partial charge is 0.243 e. The number of amides is 1. The Balaban J connectivity index is 1.71. The summed E-state index contributed by atoms with van der Waals surface area (Å²) >= 11 is 0. The van der Waals surface area contributed by atoms with E-state index >= 15 is 0 Å². The third-order valence-corrected chi connectivity index (χ3v) is 5.24. The van der Waals surface area contributed by atoms with Crippen LogP contribution in [-0.4, -0.2) is 54.3 Å². The maximum Gasteiger partial charge on any atom is 0.243 e. The van der Waals surface area contributed by atoms with Crippen LogP contribution in [0, 0.1) is 6.92 Å². The summed E-state index contributed by atoms with van der Waals surface area (Å²) in [4.78, 5) is 27.9. The van der Waals surface area contributed by atoms with E-state index in [4.69, 9.17) is 9.97 Å². The van der Waals surface area contributed by atoms with Crippen LogP contribution in [0.4, 0.5) is 17.5 Å². The molecule has 0 aliphatic carbocycles. The van der Waals surface area contributed by atoms with Crippen LogP contribution in [-0.2, 0) is 11.8 Å². The number of hydrogen-bond donors (Lipinski definition) is 2. The van der Waals surface area contributed by atoms with Gasteiger partial charge < -0.3 is 20.1 Å². The first-order valence-corrected chi connectivity index (χ1v) is 10.1. The van der Waals surface area contributed by atoms with E-state index < -0.39 is 0 Å². The Hall–Kier alpha value is -3.43. The highest BCUT2D eigenvalue weighted by atomic mass is 16.1. The van der Waals surface area contributed by atoms with Crippen molar-refractivity contribution in [3.05, 3.63) is 30.9 Å². The van der Waals surface area contributed by atoms with E-state index in [9.17, 15) is 4.79 Å². The molecule has 1 aliphatic rings. The topological polar surface area (TPSA) is 106 Å². The van der Waals surface area contributed by atoms with E-state index in [1.807, 2.05) is 24.7 Å². The van der Waals surface area contributed by atoms with Crippen molar-refractivity contribution < 1.29 is 4.79 Å². The number of carbonyl (C=O) groups excluding carboxylic acids is 1. The van der Waals surface area contributed by atoms with Gasteiger partial charge in [-0.3, -0.25) is 9.48 Å². The van der Waals surface area contributed by atoms with Gasteiger partial charge in [-0.2, -0.15) is 15.1 Å². The van der Waals surface area contributed by atoms with Crippen LogP contribution in [0.5, 0.6) is 0 Å². The number of aryl methyl sites for hydroxylation is 2. The summed E-state index contributed by atoms with van der Waals surface area (Å²) in [5.41, 5.74) is 3.24. The van der Waals surface area contributed by atoms with Crippen LogP contribution in [0.3, 0.4) is 0 Å². The van der Waals surface area contributed by atoms with Gasteiger partial charge in [0.2, 0.25) is 11.9 Å². The van der Waals surface area contributed by atoms with Crippen molar-refractivity contribution in [2.75, 3.05) is 23.3 Å². The van der Waals surface area contributed by atoms with Crippen molar-refractivity contribution in [3.63, 3.8) is 0 Å². The molecule has 10 nitrogen and oxygen atoms in total. The van der Waals surface area contributed by atoms with Crippen LogP contribution >= 0.6 is 0 Å². The molecule has 0 saturated carbocycles. The number of nitrogens with one attached hydrogen (secondary N) is 2. The van der Waals surface area contributed by atoms with Gasteiger partial charge in [0.05, 0.1) is 17.7 Å². The highest BCUT2D eigenvalue weighted by Gasteiger charge is 2.27. The molecule has 30 heavy (non-hydrogen) atoms. The summed E-state index contributed by atoms with van der Waals surface area (Å²) in [6, 6.07) is 0.255. The second-order valence-corrected chi connectivity index (χ2v) is 7.86. The lowest BCUT2D eigenvalue weighted by Gasteiger charge is -2.18. The zero-order chi connectivity index (χ0) is 21.4. The molecular weight excluding hydrogens is 382 g/mol. The van der Waals surface area contributed by atoms with Crippen molar-refractivity contribution in [1.82, 2.24) is 34.6 Å². The molecule has 10 heteroatoms. The average Bonchev–Trinajstić information content (AvgIpc) is 3.40. The van der Waals surface area contributed by atoms with Gasteiger partial charge in [0.25, 0.3) is 0 Å². The maximum absolute atomic E-state index is 11.7. The fraction of sp³-hybridized carbons (Fsp3) is 0.450. The number of rotatable bonds is 6. The molecule has 0 bridgehead atoms. The molecule has 4 rings (SSSR count). The van der Waals surface area contributed by atoms with E-state index in [0.717, 1.165) is 30.0 Å². The third kappa shape index (κ3) is 3.72. The third-order valence-electron chi connectivity index (χ3n) is 5.24. The van der Waals surface area contributed by atoms with Gasteiger partial charge in [0, 0.05) is 38.4 Å². The van der Waals surface area contributed by atoms with Crippen LogP contribution in [0.2, 0.25) is 0 Å². The number of anilines is 3. The standard InChI is InChI=1S/C20H27N9O/c1-6-16(30)22-14-7-8-28(9-14)20-24-18(23-15-10-27(5)26-13(15)4)17-19(25-20)29(11-21-17)12(2)3/h6,10-12,14H,1,7-9H2,2-5H3,(H,22,30)(H,23,24,25)/t14-/m0/s1. The molecule has 158 valence electrons. The quantitative estimate of drug-likeness (QED) is 0.600. The summed E-state index contributed by atoms with van der Waals surface area (Å²) in [6.07, 6.45) is 5.84. The molecule has 1 saturated heterocycles. The van der Waals surface area contributed by atoms with Crippen molar-refractivity contribution >= 4 is 34.5 Å². The summed E-state index contributed by atoms with van der Waals surface area (Å²) in [6.45, 7) is 11.1. The van der Waals surface area contributed by atoms with Gasteiger partial charge in [-0.05, 0) is 33.3 Å². The number of imidazole rings is 1. The van der Waals surface area contributed by atoms with Crippen molar-refractivity contribution in [1.29, 1.82) is 0 Å². The molecule has 1 amide bonds. The Morgan fingerprint density at radius 1 is 1.37 bits per heavy atom. The van der Waals surface area contributed by atoms with Gasteiger partial charge >= 0.3 is 0 Å². The minimum absolute atomic E-state index is 0.0433. The molecule has 1 atom stereocenters. The Kier molecular flexibility index (Phi) is 5.15. The van der Waals surface area contributed by atoms with E-state index in [-0.39, 0.29) is 18.0 Å². The molecule has 1 aliphatic heterocycles. The van der Waals surface area contributed by atoms with Gasteiger partial charge in [-0.15, -0.1) is 0 Å². The van der Waals surface area contributed by atoms with Crippen LogP contribution < -0.4 is 15.5 Å². The molecule has 0 spiro atoms. The molecule has 2 N–H and O–H groups in total. The lowest BCUT2D eigenvalue weighted by molar-refractivity contribution is -0.117. The maximum atomic E-state index is 11.7. The largest absolute Gasteiger partial charge is 0.348 e. The summed E-state index contributed by atoms with van der Waals surface area (Å²) < 4.78 is 3.80. The first-order valence-electron chi connectivity index (χ1n) is 10.1. The van der Waals surface area contributed by atoms with Gasteiger partial charge in [0.1, 0.15) is 0 Å². The minimum Gasteiger partial charge on any atom is -0.348 e. The number of aromatic nitrogens is 6. The van der Waals surface area contributed by atoms with Crippen molar-refractivity contribution in [2.45, 2.75) is 39.3 Å². The fourth-order valence-corrected chi connectivity index (χ4v) is 3.68. The molecule has 0 radical (unpaired) electrons. The summed E-state index contributed by atoms with van der Waals surface area (Å²) in [7, 11) is 1.88. The van der Waals surface area contributed by atoms with Crippen LogP contribution in [0.15, 0.2) is 25.2 Å². The monoisotopic (exact) mass is 409 g/mol. The molecule has 1 fully saturated rings. The van der Waals surface area contributed by atoms with Crippen molar-refractivity contribution in [3.8, 4) is 0 Å². The number of nitrogens with zero attached hydrogens (tertiary/aromatic N) is 7. The minimum atomic E-state index is -0.162. The molecular formula is C20H27N9O. The lowest BCUT2D eigenvalue weighted by atomic mass is 10.2. The summed E-state index contributed by atoms with van der Waals surface area (Å²) in [5, 5.41) is 10.7. The molecule has 4 heterocycles. The Morgan fingerprint density at radius 2 is 2.17 bits per heavy atom. The lowest BCUT2D eigenvalue weighted by Crippen LogP contribution is -2.36. The highest BCUT2D eigenvalue weighted by Crippen LogP contribution is 2.29. The fourth-order valence-electron chi connectivity index (χ4n) is 3.68. The molecule has 0 unspecified atom stereocenters. The Morgan fingerprint density at radius 3 is 2.83 bits per heavy atom. The van der Waals surface area contributed by atoms with Gasteiger partial charge in [0.15, 0.2) is 17.0 Å². The Bertz CT molecular complexity index is 1100. The second kappa shape index (κ2) is 7.77. The SMILES string of the molecule is C=CC(=O)N[C@H]1CCN(c2nc(Nc3cn(C)nc3C)c3ncn(C(C)C)c3n2)C1. The Labute approximate surface area is 175 Å². The zero-order valence-corrected chi connectivity index (χ0v) is 17.8. The molecule has 3 aromatic rings. The van der Waals surface area contributed by atoms with E-state index in [1.54, 1.807) is 11.0 Å². The first kappa shape index (κ1) is 19.9. The molecule has 3 aromatic heterocycles. The van der Waals surface area contributed by atoms with E-state index in [2.05, 4.69) is 46.0 Å². The van der Waals surface area contributed by atoms with E-state index in [1.165, 1.54) is 6.08 Å². The van der Waals surface area contributed by atoms with Gasteiger partial charge in [-0.25, -0.2) is 4.98 Å². The summed E-state index contributed by atoms with van der Waals surface area (Å²) in [5.74, 6) is 1.10. The van der Waals surface area contributed by atoms with Crippen LogP contribution in [0.25, 0.3) is 11.2 Å².